The molecule has 7 heteroatoms. The Hall–Kier alpha value is -3.45. The standard InChI is InChI=1S/C24H25N3O4/c1-26(2)19(20-11-6-14-31-20)15-25-21(28)12-5-13-27-23(29)17-9-3-7-16-8-4-10-18(22(16)17)24(27)30/h3-4,6-11,14,19H,5,12-13,15H2,1-2H3,(H,25,28). The average molecular weight is 419 g/mol. The molecule has 0 aliphatic carbocycles. The van der Waals surface area contributed by atoms with Gasteiger partial charge in [-0.3, -0.25) is 24.2 Å². The van der Waals surface area contributed by atoms with Gasteiger partial charge < -0.3 is 9.73 Å². The summed E-state index contributed by atoms with van der Waals surface area (Å²) in [5.74, 6) is 0.0425. The zero-order valence-electron chi connectivity index (χ0n) is 17.6. The van der Waals surface area contributed by atoms with E-state index in [1.807, 2.05) is 55.4 Å². The predicted molar refractivity (Wildman–Crippen MR) is 117 cm³/mol. The number of carbonyl (C=O) groups excluding carboxylic acids is 3. The van der Waals surface area contributed by atoms with Crippen LogP contribution in [0.5, 0.6) is 0 Å². The average Bonchev–Trinajstić information content (AvgIpc) is 3.28. The van der Waals surface area contributed by atoms with Crippen molar-refractivity contribution in [2.45, 2.75) is 18.9 Å². The quantitative estimate of drug-likeness (QED) is 0.567. The number of rotatable bonds is 8. The summed E-state index contributed by atoms with van der Waals surface area (Å²) >= 11 is 0. The molecule has 0 fully saturated rings. The monoisotopic (exact) mass is 419 g/mol. The second kappa shape index (κ2) is 8.73. The van der Waals surface area contributed by atoms with Gasteiger partial charge in [-0.15, -0.1) is 0 Å². The van der Waals surface area contributed by atoms with Crippen LogP contribution in [0.15, 0.2) is 59.2 Å². The Morgan fingerprint density at radius 3 is 2.29 bits per heavy atom. The van der Waals surface area contributed by atoms with Crippen LogP contribution < -0.4 is 5.32 Å². The van der Waals surface area contributed by atoms with Crippen LogP contribution in [0.1, 0.15) is 45.4 Å². The molecule has 2 heterocycles. The first-order chi connectivity index (χ1) is 15.0. The van der Waals surface area contributed by atoms with Gasteiger partial charge in [-0.2, -0.15) is 0 Å². The number of amides is 3. The number of nitrogens with one attached hydrogen (secondary N) is 1. The molecule has 31 heavy (non-hydrogen) atoms. The van der Waals surface area contributed by atoms with Gasteiger partial charge in [0, 0.05) is 36.0 Å². The molecule has 0 radical (unpaired) electrons. The first kappa shape index (κ1) is 20.8. The maximum Gasteiger partial charge on any atom is 0.261 e. The molecule has 4 rings (SSSR count). The second-order valence-electron chi connectivity index (χ2n) is 7.87. The summed E-state index contributed by atoms with van der Waals surface area (Å²) < 4.78 is 5.45. The van der Waals surface area contributed by atoms with Gasteiger partial charge in [0.15, 0.2) is 0 Å². The molecule has 0 spiro atoms. The second-order valence-corrected chi connectivity index (χ2v) is 7.87. The largest absolute Gasteiger partial charge is 0.468 e. The number of carbonyl (C=O) groups is 3. The minimum absolute atomic E-state index is 0.0683. The van der Waals surface area contributed by atoms with E-state index in [0.29, 0.717) is 29.5 Å². The van der Waals surface area contributed by atoms with Crippen molar-refractivity contribution < 1.29 is 18.8 Å². The smallest absolute Gasteiger partial charge is 0.261 e. The Morgan fingerprint density at radius 1 is 1.03 bits per heavy atom. The van der Waals surface area contributed by atoms with Crippen molar-refractivity contribution in [3.63, 3.8) is 0 Å². The predicted octanol–water partition coefficient (Wildman–Crippen LogP) is 3.23. The summed E-state index contributed by atoms with van der Waals surface area (Å²) in [7, 11) is 3.84. The molecule has 2 aromatic carbocycles. The van der Waals surface area contributed by atoms with Gasteiger partial charge >= 0.3 is 0 Å². The third-order valence-electron chi connectivity index (χ3n) is 5.63. The molecule has 1 unspecified atom stereocenters. The van der Waals surface area contributed by atoms with E-state index in [9.17, 15) is 14.4 Å². The van der Waals surface area contributed by atoms with Crippen LogP contribution in [0.25, 0.3) is 10.8 Å². The van der Waals surface area contributed by atoms with Crippen LogP contribution in [0.4, 0.5) is 0 Å². The Kier molecular flexibility index (Phi) is 5.86. The Labute approximate surface area is 180 Å². The molecule has 3 amide bonds. The third kappa shape index (κ3) is 4.09. The highest BCUT2D eigenvalue weighted by molar-refractivity contribution is 6.25. The van der Waals surface area contributed by atoms with Crippen LogP contribution in [0.2, 0.25) is 0 Å². The molecule has 1 aliphatic heterocycles. The minimum atomic E-state index is -0.305. The highest BCUT2D eigenvalue weighted by Crippen LogP contribution is 2.30. The highest BCUT2D eigenvalue weighted by Gasteiger charge is 2.32. The van der Waals surface area contributed by atoms with E-state index in [2.05, 4.69) is 5.32 Å². The van der Waals surface area contributed by atoms with Gasteiger partial charge in [0.1, 0.15) is 5.76 Å². The van der Waals surface area contributed by atoms with Crippen LogP contribution in [0.3, 0.4) is 0 Å². The van der Waals surface area contributed by atoms with Gasteiger partial charge in [0.2, 0.25) is 5.91 Å². The first-order valence-corrected chi connectivity index (χ1v) is 10.3. The van der Waals surface area contributed by atoms with Crippen LogP contribution in [-0.4, -0.2) is 54.7 Å². The van der Waals surface area contributed by atoms with Crippen molar-refractivity contribution in [3.8, 4) is 0 Å². The number of furan rings is 1. The van der Waals surface area contributed by atoms with E-state index in [1.54, 1.807) is 18.4 Å². The van der Waals surface area contributed by atoms with E-state index < -0.39 is 0 Å². The number of benzene rings is 2. The van der Waals surface area contributed by atoms with E-state index in [-0.39, 0.29) is 36.7 Å². The SMILES string of the molecule is CN(C)C(CNC(=O)CCCN1C(=O)c2cccc3cccc(c23)C1=O)c1ccco1. The summed E-state index contributed by atoms with van der Waals surface area (Å²) in [6.07, 6.45) is 2.23. The van der Waals surface area contributed by atoms with Crippen molar-refractivity contribution in [3.05, 3.63) is 71.7 Å². The van der Waals surface area contributed by atoms with Gasteiger partial charge in [-0.05, 0) is 50.2 Å². The third-order valence-corrected chi connectivity index (χ3v) is 5.63. The molecular weight excluding hydrogens is 394 g/mol. The van der Waals surface area contributed by atoms with Gasteiger partial charge in [0.25, 0.3) is 11.8 Å². The molecule has 1 aromatic heterocycles. The first-order valence-electron chi connectivity index (χ1n) is 10.3. The number of hydrogen-bond donors (Lipinski definition) is 1. The minimum Gasteiger partial charge on any atom is -0.468 e. The van der Waals surface area contributed by atoms with E-state index in [4.69, 9.17) is 4.42 Å². The van der Waals surface area contributed by atoms with E-state index in [0.717, 1.165) is 11.1 Å². The van der Waals surface area contributed by atoms with E-state index in [1.165, 1.54) is 4.90 Å². The Bertz CT molecular complexity index is 1070. The van der Waals surface area contributed by atoms with Crippen molar-refractivity contribution >= 4 is 28.5 Å². The van der Waals surface area contributed by atoms with Crippen molar-refractivity contribution in [2.75, 3.05) is 27.2 Å². The molecule has 1 atom stereocenters. The topological polar surface area (TPSA) is 82.9 Å². The Balaban J connectivity index is 1.35. The van der Waals surface area contributed by atoms with Crippen molar-refractivity contribution in [2.24, 2.45) is 0 Å². The summed E-state index contributed by atoms with van der Waals surface area (Å²) in [6, 6.07) is 14.6. The lowest BCUT2D eigenvalue weighted by Crippen LogP contribution is -2.41. The zero-order chi connectivity index (χ0) is 22.0. The molecule has 0 saturated heterocycles. The Morgan fingerprint density at radius 2 is 1.71 bits per heavy atom. The molecule has 0 bridgehead atoms. The molecule has 160 valence electrons. The fraction of sp³-hybridized carbons (Fsp3) is 0.292. The zero-order valence-corrected chi connectivity index (χ0v) is 17.6. The lowest BCUT2D eigenvalue weighted by molar-refractivity contribution is -0.121. The van der Waals surface area contributed by atoms with Crippen molar-refractivity contribution in [1.29, 1.82) is 0 Å². The van der Waals surface area contributed by atoms with Crippen molar-refractivity contribution in [1.82, 2.24) is 15.1 Å². The van der Waals surface area contributed by atoms with Gasteiger partial charge in [0.05, 0.1) is 12.3 Å². The summed E-state index contributed by atoms with van der Waals surface area (Å²) in [4.78, 5) is 41.4. The molecule has 7 nitrogen and oxygen atoms in total. The molecule has 1 N–H and O–H groups in total. The number of imide groups is 1. The lowest BCUT2D eigenvalue weighted by atomic mass is 9.94. The maximum absolute atomic E-state index is 12.9. The summed E-state index contributed by atoms with van der Waals surface area (Å²) in [5.41, 5.74) is 1.06. The molecule has 1 aliphatic rings. The summed E-state index contributed by atoms with van der Waals surface area (Å²) in [5, 5.41) is 4.50. The number of likely N-dealkylation sites (N-methyl/N-ethyl adjacent to an activating group) is 1. The van der Waals surface area contributed by atoms with E-state index >= 15 is 0 Å². The normalized spacial score (nSPS) is 14.4. The van der Waals surface area contributed by atoms with Crippen LogP contribution in [-0.2, 0) is 4.79 Å². The molecule has 0 saturated carbocycles. The lowest BCUT2D eigenvalue weighted by Gasteiger charge is -2.27. The number of hydrogen-bond acceptors (Lipinski definition) is 5. The maximum atomic E-state index is 12.9. The fourth-order valence-electron chi connectivity index (χ4n) is 4.00. The van der Waals surface area contributed by atoms with Crippen LogP contribution >= 0.6 is 0 Å². The fourth-order valence-corrected chi connectivity index (χ4v) is 4.00. The van der Waals surface area contributed by atoms with Crippen LogP contribution in [0, 0.1) is 0 Å². The number of nitrogens with zero attached hydrogens (tertiary/aromatic N) is 2. The summed E-state index contributed by atoms with van der Waals surface area (Å²) in [6.45, 7) is 0.612. The van der Waals surface area contributed by atoms with Gasteiger partial charge in [-0.25, -0.2) is 0 Å². The molecular formula is C24H25N3O4. The highest BCUT2D eigenvalue weighted by atomic mass is 16.3. The molecule has 3 aromatic rings. The van der Waals surface area contributed by atoms with Gasteiger partial charge in [-0.1, -0.05) is 24.3 Å².